The molecule has 0 saturated carbocycles. The quantitative estimate of drug-likeness (QED) is 0.253. The number of benzene rings is 1. The standard InChI is InChI=1S/C24H38N6O2.HI/c1-4-25-24(30-14-12-29(13-15-30)20-22-11-17-32-27-22)26-19-21-9-7-8-10-23(21)31-18-16-28(5-2)6-3;/h7-11,17H,4-6,12-16,18-20H2,1-3H3,(H,25,26);1H. The lowest BCUT2D eigenvalue weighted by Crippen LogP contribution is -2.52. The van der Waals surface area contributed by atoms with Crippen molar-refractivity contribution >= 4 is 29.9 Å². The first-order valence-corrected chi connectivity index (χ1v) is 11.8. The molecule has 1 saturated heterocycles. The number of halogens is 1. The van der Waals surface area contributed by atoms with Gasteiger partial charge in [-0.1, -0.05) is 37.2 Å². The van der Waals surface area contributed by atoms with Crippen molar-refractivity contribution in [2.45, 2.75) is 33.9 Å². The summed E-state index contributed by atoms with van der Waals surface area (Å²) >= 11 is 0. The number of aromatic nitrogens is 1. The largest absolute Gasteiger partial charge is 0.492 e. The number of para-hydroxylation sites is 1. The Morgan fingerprint density at radius 2 is 1.88 bits per heavy atom. The Kier molecular flexibility index (Phi) is 12.6. The molecule has 1 aromatic heterocycles. The number of guanidine groups is 1. The van der Waals surface area contributed by atoms with Gasteiger partial charge in [-0.25, -0.2) is 4.99 Å². The fraction of sp³-hybridized carbons (Fsp3) is 0.583. The lowest BCUT2D eigenvalue weighted by molar-refractivity contribution is 0.169. The monoisotopic (exact) mass is 570 g/mol. The number of likely N-dealkylation sites (N-methyl/N-ethyl adjacent to an activating group) is 1. The van der Waals surface area contributed by atoms with Crippen LogP contribution in [0.4, 0.5) is 0 Å². The maximum absolute atomic E-state index is 6.11. The van der Waals surface area contributed by atoms with E-state index in [1.54, 1.807) is 6.26 Å². The van der Waals surface area contributed by atoms with Crippen molar-refractivity contribution in [3.05, 3.63) is 47.9 Å². The van der Waals surface area contributed by atoms with Gasteiger partial charge in [-0.15, -0.1) is 24.0 Å². The van der Waals surface area contributed by atoms with Crippen molar-refractivity contribution in [2.75, 3.05) is 59.0 Å². The summed E-state index contributed by atoms with van der Waals surface area (Å²) in [6.07, 6.45) is 1.63. The van der Waals surface area contributed by atoms with E-state index in [1.807, 2.05) is 18.2 Å². The average molecular weight is 571 g/mol. The molecule has 0 bridgehead atoms. The Bertz CT molecular complexity index is 805. The van der Waals surface area contributed by atoms with E-state index in [2.05, 4.69) is 58.1 Å². The fourth-order valence-corrected chi connectivity index (χ4v) is 3.85. The topological polar surface area (TPSA) is 69.4 Å². The van der Waals surface area contributed by atoms with Crippen LogP contribution in [0, 0.1) is 0 Å². The zero-order valence-electron chi connectivity index (χ0n) is 20.2. The maximum Gasteiger partial charge on any atom is 0.194 e. The summed E-state index contributed by atoms with van der Waals surface area (Å²) in [7, 11) is 0. The number of hydrogen-bond acceptors (Lipinski definition) is 6. The second-order valence-electron chi connectivity index (χ2n) is 7.91. The Morgan fingerprint density at radius 1 is 1.12 bits per heavy atom. The van der Waals surface area contributed by atoms with Crippen LogP contribution in [0.3, 0.4) is 0 Å². The van der Waals surface area contributed by atoms with Crippen LogP contribution >= 0.6 is 24.0 Å². The predicted octanol–water partition coefficient (Wildman–Crippen LogP) is 3.30. The van der Waals surface area contributed by atoms with E-state index in [0.717, 1.165) is 81.9 Å². The van der Waals surface area contributed by atoms with Gasteiger partial charge in [0.15, 0.2) is 5.96 Å². The van der Waals surface area contributed by atoms with E-state index in [9.17, 15) is 0 Å². The van der Waals surface area contributed by atoms with Gasteiger partial charge in [0.25, 0.3) is 0 Å². The van der Waals surface area contributed by atoms with E-state index in [4.69, 9.17) is 14.3 Å². The molecule has 1 fully saturated rings. The molecule has 0 unspecified atom stereocenters. The van der Waals surface area contributed by atoms with Crippen LogP contribution in [-0.4, -0.2) is 84.8 Å². The Balaban J connectivity index is 0.00000385. The molecule has 9 heteroatoms. The second kappa shape index (κ2) is 15.1. The molecule has 1 aromatic carbocycles. The zero-order valence-corrected chi connectivity index (χ0v) is 22.5. The molecule has 3 rings (SSSR count). The zero-order chi connectivity index (χ0) is 22.6. The van der Waals surface area contributed by atoms with Crippen LogP contribution in [0.15, 0.2) is 46.1 Å². The molecule has 184 valence electrons. The summed E-state index contributed by atoms with van der Waals surface area (Å²) in [5.74, 6) is 1.89. The van der Waals surface area contributed by atoms with E-state index in [1.165, 1.54) is 0 Å². The first kappa shape index (κ1) is 27.4. The van der Waals surface area contributed by atoms with E-state index < -0.39 is 0 Å². The van der Waals surface area contributed by atoms with Crippen LogP contribution in [0.5, 0.6) is 5.75 Å². The summed E-state index contributed by atoms with van der Waals surface area (Å²) in [5, 5.41) is 7.48. The number of rotatable bonds is 11. The van der Waals surface area contributed by atoms with Gasteiger partial charge in [-0.05, 0) is 26.1 Å². The molecule has 0 spiro atoms. The smallest absolute Gasteiger partial charge is 0.194 e. The van der Waals surface area contributed by atoms with Crippen molar-refractivity contribution in [3.63, 3.8) is 0 Å². The van der Waals surface area contributed by atoms with Crippen LogP contribution in [0.25, 0.3) is 0 Å². The van der Waals surface area contributed by atoms with Gasteiger partial charge in [0.05, 0.1) is 12.2 Å². The second-order valence-corrected chi connectivity index (χ2v) is 7.91. The summed E-state index contributed by atoms with van der Waals surface area (Å²) in [5.41, 5.74) is 2.10. The molecule has 1 aliphatic heterocycles. The van der Waals surface area contributed by atoms with Crippen LogP contribution in [0.1, 0.15) is 32.0 Å². The van der Waals surface area contributed by atoms with Crippen LogP contribution in [-0.2, 0) is 13.1 Å². The van der Waals surface area contributed by atoms with Crippen molar-refractivity contribution in [2.24, 2.45) is 4.99 Å². The number of nitrogens with zero attached hydrogens (tertiary/aromatic N) is 5. The lowest BCUT2D eigenvalue weighted by Gasteiger charge is -2.36. The minimum absolute atomic E-state index is 0. The number of nitrogens with one attached hydrogen (secondary N) is 1. The highest BCUT2D eigenvalue weighted by Gasteiger charge is 2.20. The van der Waals surface area contributed by atoms with Crippen LogP contribution in [0.2, 0.25) is 0 Å². The third kappa shape index (κ3) is 8.78. The van der Waals surface area contributed by atoms with E-state index >= 15 is 0 Å². The molecule has 2 heterocycles. The molecule has 8 nitrogen and oxygen atoms in total. The molecular weight excluding hydrogens is 531 g/mol. The first-order chi connectivity index (χ1) is 15.7. The SMILES string of the molecule is CCNC(=NCc1ccccc1OCCN(CC)CC)N1CCN(Cc2ccon2)CC1.I. The van der Waals surface area contributed by atoms with Gasteiger partial charge in [0.1, 0.15) is 18.6 Å². The molecule has 2 aromatic rings. The number of ether oxygens (including phenoxy) is 1. The van der Waals surface area contributed by atoms with E-state index in [0.29, 0.717) is 13.2 Å². The molecule has 0 atom stereocenters. The van der Waals surface area contributed by atoms with Gasteiger partial charge < -0.3 is 24.4 Å². The molecule has 0 radical (unpaired) electrons. The first-order valence-electron chi connectivity index (χ1n) is 11.8. The Labute approximate surface area is 215 Å². The highest BCUT2D eigenvalue weighted by atomic mass is 127. The van der Waals surface area contributed by atoms with Gasteiger partial charge in [-0.2, -0.15) is 0 Å². The van der Waals surface area contributed by atoms with Gasteiger partial charge >= 0.3 is 0 Å². The van der Waals surface area contributed by atoms with Gasteiger partial charge in [-0.3, -0.25) is 4.90 Å². The Hall–Kier alpha value is -1.85. The summed E-state index contributed by atoms with van der Waals surface area (Å²) in [6.45, 7) is 16.3. The average Bonchev–Trinajstić information content (AvgIpc) is 3.34. The molecule has 33 heavy (non-hydrogen) atoms. The number of aliphatic imine (C=N–C) groups is 1. The molecule has 0 aliphatic carbocycles. The van der Waals surface area contributed by atoms with Crippen molar-refractivity contribution in [1.29, 1.82) is 0 Å². The third-order valence-electron chi connectivity index (χ3n) is 5.81. The number of piperazine rings is 1. The van der Waals surface area contributed by atoms with Crippen molar-refractivity contribution in [1.82, 2.24) is 25.2 Å². The lowest BCUT2D eigenvalue weighted by atomic mass is 10.2. The molecule has 0 amide bonds. The third-order valence-corrected chi connectivity index (χ3v) is 5.81. The molecule has 1 aliphatic rings. The molecular formula is C24H39IN6O2. The fourth-order valence-electron chi connectivity index (χ4n) is 3.85. The van der Waals surface area contributed by atoms with Crippen LogP contribution < -0.4 is 10.1 Å². The predicted molar refractivity (Wildman–Crippen MR) is 143 cm³/mol. The summed E-state index contributed by atoms with van der Waals surface area (Å²) in [6, 6.07) is 10.2. The van der Waals surface area contributed by atoms with E-state index in [-0.39, 0.29) is 24.0 Å². The number of hydrogen-bond donors (Lipinski definition) is 1. The minimum Gasteiger partial charge on any atom is -0.492 e. The Morgan fingerprint density at radius 3 is 2.55 bits per heavy atom. The summed E-state index contributed by atoms with van der Waals surface area (Å²) < 4.78 is 11.1. The van der Waals surface area contributed by atoms with Crippen molar-refractivity contribution in [3.8, 4) is 5.75 Å². The van der Waals surface area contributed by atoms with Gasteiger partial charge in [0.2, 0.25) is 0 Å². The highest BCUT2D eigenvalue weighted by Crippen LogP contribution is 2.19. The van der Waals surface area contributed by atoms with Crippen molar-refractivity contribution < 1.29 is 9.26 Å². The highest BCUT2D eigenvalue weighted by molar-refractivity contribution is 14.0. The van der Waals surface area contributed by atoms with Gasteiger partial charge in [0, 0.05) is 57.4 Å². The molecule has 1 N–H and O–H groups in total. The normalized spacial score (nSPS) is 14.9. The summed E-state index contributed by atoms with van der Waals surface area (Å²) in [4.78, 5) is 12.0. The minimum atomic E-state index is 0. The maximum atomic E-state index is 6.11.